The number of ether oxygens (including phenoxy) is 1. The largest absolute Gasteiger partial charge is 0.481 e. The molecule has 0 aliphatic rings. The van der Waals surface area contributed by atoms with E-state index in [0.29, 0.717) is 18.5 Å². The molecule has 19 heavy (non-hydrogen) atoms. The van der Waals surface area contributed by atoms with Crippen LogP contribution in [-0.2, 0) is 13.2 Å². The van der Waals surface area contributed by atoms with Gasteiger partial charge in [-0.15, -0.1) is 0 Å². The minimum absolute atomic E-state index is 0.00210. The van der Waals surface area contributed by atoms with Crippen molar-refractivity contribution in [3.05, 3.63) is 47.5 Å². The zero-order valence-electron chi connectivity index (χ0n) is 10.3. The van der Waals surface area contributed by atoms with Crippen molar-refractivity contribution < 1.29 is 18.3 Å². The second-order valence-corrected chi connectivity index (χ2v) is 3.89. The number of imidazole rings is 1. The van der Waals surface area contributed by atoms with Crippen LogP contribution in [0.15, 0.2) is 24.7 Å². The molecule has 4 nitrogen and oxygen atoms in total. The molecule has 0 saturated heterocycles. The molecule has 0 amide bonds. The van der Waals surface area contributed by atoms with E-state index in [1.54, 1.807) is 17.1 Å². The summed E-state index contributed by atoms with van der Waals surface area (Å²) in [6.45, 7) is 2.61. The Morgan fingerprint density at radius 2 is 2.05 bits per heavy atom. The summed E-state index contributed by atoms with van der Waals surface area (Å²) in [5, 5.41) is 0. The van der Waals surface area contributed by atoms with Crippen molar-refractivity contribution in [2.24, 2.45) is 0 Å². The van der Waals surface area contributed by atoms with Gasteiger partial charge < -0.3 is 9.30 Å². The monoisotopic (exact) mass is 266 g/mol. The van der Waals surface area contributed by atoms with Crippen LogP contribution < -0.4 is 4.74 Å². The summed E-state index contributed by atoms with van der Waals surface area (Å²) in [5.74, 6) is -2.29. The average molecular weight is 266 g/mol. The number of nitrogens with zero attached hydrogens (tertiary/aromatic N) is 2. The molecule has 0 radical (unpaired) electrons. The van der Waals surface area contributed by atoms with Crippen molar-refractivity contribution in [1.82, 2.24) is 9.55 Å². The molecule has 0 spiro atoms. The fraction of sp³-hybridized carbons (Fsp3) is 0.231. The third-order valence-electron chi connectivity index (χ3n) is 2.66. The molecule has 0 N–H and O–H groups in total. The van der Waals surface area contributed by atoms with E-state index in [0.717, 1.165) is 12.1 Å². The molecule has 100 valence electrons. The Hall–Kier alpha value is -2.24. The molecular weight excluding hydrogens is 254 g/mol. The Labute approximate surface area is 108 Å². The maximum Gasteiger partial charge on any atom is 0.191 e. The average Bonchev–Trinajstić information content (AvgIpc) is 2.85. The van der Waals surface area contributed by atoms with Gasteiger partial charge in [0.25, 0.3) is 0 Å². The van der Waals surface area contributed by atoms with Crippen molar-refractivity contribution >= 4 is 6.29 Å². The first-order chi connectivity index (χ1) is 9.15. The lowest BCUT2D eigenvalue weighted by atomic mass is 10.2. The first-order valence-corrected chi connectivity index (χ1v) is 5.71. The summed E-state index contributed by atoms with van der Waals surface area (Å²) in [6, 6.07) is 1.87. The summed E-state index contributed by atoms with van der Waals surface area (Å²) < 4.78 is 34.1. The predicted octanol–water partition coefficient (Wildman–Crippen LogP) is 2.57. The smallest absolute Gasteiger partial charge is 0.191 e. The second-order valence-electron chi connectivity index (χ2n) is 3.89. The zero-order valence-corrected chi connectivity index (χ0v) is 10.3. The molecule has 0 fully saturated rings. The Kier molecular flexibility index (Phi) is 3.89. The number of carbonyl (C=O) groups excluding carboxylic acids is 1. The highest BCUT2D eigenvalue weighted by molar-refractivity contribution is 5.75. The number of aryl methyl sites for hydroxylation is 1. The molecule has 2 aromatic rings. The molecule has 6 heteroatoms. The minimum Gasteiger partial charge on any atom is -0.481 e. The topological polar surface area (TPSA) is 44.1 Å². The first-order valence-electron chi connectivity index (χ1n) is 5.71. The molecule has 2 rings (SSSR count). The fourth-order valence-electron chi connectivity index (χ4n) is 1.68. The van der Waals surface area contributed by atoms with Gasteiger partial charge >= 0.3 is 0 Å². The minimum atomic E-state index is -0.898. The molecule has 0 saturated carbocycles. The van der Waals surface area contributed by atoms with Gasteiger partial charge in [0, 0.05) is 12.1 Å². The number of hydrogen-bond donors (Lipinski definition) is 0. The first kappa shape index (κ1) is 13.2. The standard InChI is InChI=1S/C13H12F2N2O2/c1-2-17-8-16-5-10(17)7-19-13-11(14)3-9(6-18)4-12(13)15/h3-6,8H,2,7H2,1H3. The number of halogens is 2. The van der Waals surface area contributed by atoms with Crippen molar-refractivity contribution in [3.8, 4) is 5.75 Å². The quantitative estimate of drug-likeness (QED) is 0.781. The van der Waals surface area contributed by atoms with Crippen LogP contribution in [0.1, 0.15) is 23.0 Å². The van der Waals surface area contributed by atoms with Crippen LogP contribution in [0.2, 0.25) is 0 Å². The number of hydrogen-bond acceptors (Lipinski definition) is 3. The number of rotatable bonds is 5. The van der Waals surface area contributed by atoms with Gasteiger partial charge in [0.1, 0.15) is 12.9 Å². The fourth-order valence-corrected chi connectivity index (χ4v) is 1.68. The summed E-state index contributed by atoms with van der Waals surface area (Å²) in [5.41, 5.74) is 0.640. The molecule has 1 heterocycles. The van der Waals surface area contributed by atoms with E-state index in [-0.39, 0.29) is 12.2 Å². The van der Waals surface area contributed by atoms with Crippen molar-refractivity contribution in [1.29, 1.82) is 0 Å². The van der Waals surface area contributed by atoms with Gasteiger partial charge in [-0.25, -0.2) is 13.8 Å². The highest BCUT2D eigenvalue weighted by atomic mass is 19.1. The van der Waals surface area contributed by atoms with Gasteiger partial charge in [-0.05, 0) is 19.1 Å². The number of benzene rings is 1. The Balaban J connectivity index is 2.18. The molecule has 1 aromatic heterocycles. The van der Waals surface area contributed by atoms with Gasteiger partial charge in [0.05, 0.1) is 18.2 Å². The lowest BCUT2D eigenvalue weighted by molar-refractivity contribution is 0.112. The lowest BCUT2D eigenvalue weighted by Gasteiger charge is -2.10. The summed E-state index contributed by atoms with van der Waals surface area (Å²) in [4.78, 5) is 14.4. The van der Waals surface area contributed by atoms with E-state index in [1.807, 2.05) is 6.92 Å². The van der Waals surface area contributed by atoms with Gasteiger partial charge in [-0.2, -0.15) is 0 Å². The van der Waals surface area contributed by atoms with Crippen molar-refractivity contribution in [3.63, 3.8) is 0 Å². The lowest BCUT2D eigenvalue weighted by Crippen LogP contribution is -2.06. The van der Waals surface area contributed by atoms with E-state index >= 15 is 0 Å². The molecule has 0 atom stereocenters. The van der Waals surface area contributed by atoms with Crippen LogP contribution in [0.5, 0.6) is 5.75 Å². The summed E-state index contributed by atoms with van der Waals surface area (Å²) >= 11 is 0. The van der Waals surface area contributed by atoms with E-state index in [9.17, 15) is 13.6 Å². The van der Waals surface area contributed by atoms with E-state index in [1.165, 1.54) is 0 Å². The molecular formula is C13H12F2N2O2. The summed E-state index contributed by atoms with van der Waals surface area (Å²) in [7, 11) is 0. The normalized spacial score (nSPS) is 10.5. The highest BCUT2D eigenvalue weighted by Gasteiger charge is 2.13. The SMILES string of the molecule is CCn1cncc1COc1c(F)cc(C=O)cc1F. The van der Waals surface area contributed by atoms with E-state index in [4.69, 9.17) is 4.74 Å². The van der Waals surface area contributed by atoms with Gasteiger partial charge in [0.15, 0.2) is 17.4 Å². The number of aldehydes is 1. The predicted molar refractivity (Wildman–Crippen MR) is 64.0 cm³/mol. The van der Waals surface area contributed by atoms with Crippen molar-refractivity contribution in [2.45, 2.75) is 20.1 Å². The van der Waals surface area contributed by atoms with Gasteiger partial charge in [0.2, 0.25) is 0 Å². The third kappa shape index (κ3) is 2.78. The second kappa shape index (κ2) is 5.60. The zero-order chi connectivity index (χ0) is 13.8. The van der Waals surface area contributed by atoms with Gasteiger partial charge in [-0.1, -0.05) is 0 Å². The van der Waals surface area contributed by atoms with Crippen LogP contribution in [0.4, 0.5) is 8.78 Å². The van der Waals surface area contributed by atoms with Gasteiger partial charge in [-0.3, -0.25) is 4.79 Å². The molecule has 0 bridgehead atoms. The van der Waals surface area contributed by atoms with Crippen LogP contribution in [0.3, 0.4) is 0 Å². The third-order valence-corrected chi connectivity index (χ3v) is 2.66. The van der Waals surface area contributed by atoms with E-state index in [2.05, 4.69) is 4.98 Å². The maximum atomic E-state index is 13.6. The Bertz CT molecular complexity index is 573. The Morgan fingerprint density at radius 1 is 1.37 bits per heavy atom. The van der Waals surface area contributed by atoms with Crippen LogP contribution in [-0.4, -0.2) is 15.8 Å². The van der Waals surface area contributed by atoms with Crippen LogP contribution in [0, 0.1) is 11.6 Å². The maximum absolute atomic E-state index is 13.6. The summed E-state index contributed by atoms with van der Waals surface area (Å²) in [6.07, 6.45) is 3.56. The molecule has 0 unspecified atom stereocenters. The molecule has 0 aliphatic heterocycles. The number of aromatic nitrogens is 2. The van der Waals surface area contributed by atoms with Crippen molar-refractivity contribution in [2.75, 3.05) is 0 Å². The number of carbonyl (C=O) groups is 1. The Morgan fingerprint density at radius 3 is 2.63 bits per heavy atom. The van der Waals surface area contributed by atoms with E-state index < -0.39 is 17.4 Å². The highest BCUT2D eigenvalue weighted by Crippen LogP contribution is 2.23. The molecule has 0 aliphatic carbocycles. The molecule has 1 aromatic carbocycles. The van der Waals surface area contributed by atoms with Crippen LogP contribution >= 0.6 is 0 Å². The van der Waals surface area contributed by atoms with Crippen LogP contribution in [0.25, 0.3) is 0 Å².